The van der Waals surface area contributed by atoms with Gasteiger partial charge in [-0.05, 0) is 17.7 Å². The van der Waals surface area contributed by atoms with E-state index in [-0.39, 0.29) is 5.75 Å². The van der Waals surface area contributed by atoms with Crippen LogP contribution < -0.4 is 5.73 Å². The number of sulfone groups is 1. The fraction of sp³-hybridized carbons (Fsp3) is 0.455. The number of halogens is 1. The monoisotopic (exact) mass is 277 g/mol. The van der Waals surface area contributed by atoms with Gasteiger partial charge in [0.25, 0.3) is 0 Å². The van der Waals surface area contributed by atoms with Gasteiger partial charge in [-0.1, -0.05) is 30.7 Å². The van der Waals surface area contributed by atoms with Gasteiger partial charge in [0.2, 0.25) is 0 Å². The largest absolute Gasteiger partial charge is 0.395 e. The molecule has 6 heteroatoms. The molecule has 1 aromatic carbocycles. The highest BCUT2D eigenvalue weighted by Crippen LogP contribution is 2.22. The summed E-state index contributed by atoms with van der Waals surface area (Å²) in [5.41, 5.74) is 6.52. The van der Waals surface area contributed by atoms with E-state index in [4.69, 9.17) is 17.3 Å². The Hall–Kier alpha value is -0.620. The van der Waals surface area contributed by atoms with E-state index in [9.17, 15) is 13.5 Å². The molecule has 17 heavy (non-hydrogen) atoms. The molecule has 0 fully saturated rings. The van der Waals surface area contributed by atoms with Crippen molar-refractivity contribution in [3.05, 3.63) is 34.9 Å². The van der Waals surface area contributed by atoms with E-state index in [2.05, 4.69) is 0 Å². The molecule has 96 valence electrons. The van der Waals surface area contributed by atoms with Gasteiger partial charge in [0.1, 0.15) is 5.25 Å². The lowest BCUT2D eigenvalue weighted by atomic mass is 10.1. The number of benzene rings is 1. The molecule has 0 aliphatic heterocycles. The molecule has 0 saturated carbocycles. The molecular formula is C11H16ClNO3S. The molecule has 3 N–H and O–H groups in total. The van der Waals surface area contributed by atoms with Gasteiger partial charge < -0.3 is 10.8 Å². The molecule has 0 amide bonds. The summed E-state index contributed by atoms with van der Waals surface area (Å²) < 4.78 is 23.5. The molecule has 0 saturated heterocycles. The lowest BCUT2D eigenvalue weighted by Crippen LogP contribution is -2.37. The molecule has 0 heterocycles. The zero-order valence-electron chi connectivity index (χ0n) is 9.51. The van der Waals surface area contributed by atoms with Crippen molar-refractivity contribution in [1.29, 1.82) is 0 Å². The summed E-state index contributed by atoms with van der Waals surface area (Å²) >= 11 is 5.74. The Bertz CT molecular complexity index is 458. The van der Waals surface area contributed by atoms with Gasteiger partial charge in [-0.2, -0.15) is 0 Å². The van der Waals surface area contributed by atoms with Crippen molar-refractivity contribution < 1.29 is 13.5 Å². The predicted molar refractivity (Wildman–Crippen MR) is 68.7 cm³/mol. The van der Waals surface area contributed by atoms with Gasteiger partial charge in [-0.15, -0.1) is 0 Å². The molecule has 1 aromatic rings. The molecule has 2 atom stereocenters. The van der Waals surface area contributed by atoms with Crippen molar-refractivity contribution in [2.75, 3.05) is 12.4 Å². The van der Waals surface area contributed by atoms with Crippen LogP contribution in [0.25, 0.3) is 0 Å². The van der Waals surface area contributed by atoms with Crippen LogP contribution in [-0.4, -0.2) is 31.1 Å². The normalized spacial score (nSPS) is 15.5. The third kappa shape index (κ3) is 3.42. The highest BCUT2D eigenvalue weighted by atomic mass is 35.5. The highest BCUT2D eigenvalue weighted by molar-refractivity contribution is 7.92. The van der Waals surface area contributed by atoms with Crippen LogP contribution in [0.1, 0.15) is 18.5 Å². The first kappa shape index (κ1) is 14.4. The zero-order chi connectivity index (χ0) is 13.1. The third-order valence-electron chi connectivity index (χ3n) is 2.70. The van der Waals surface area contributed by atoms with Crippen LogP contribution in [0.2, 0.25) is 5.02 Å². The summed E-state index contributed by atoms with van der Waals surface area (Å²) in [6.07, 6.45) is 0. The second-order valence-electron chi connectivity index (χ2n) is 3.75. The average molecular weight is 278 g/mol. The molecule has 0 bridgehead atoms. The van der Waals surface area contributed by atoms with E-state index in [1.54, 1.807) is 24.3 Å². The third-order valence-corrected chi connectivity index (χ3v) is 5.12. The number of nitrogens with two attached hydrogens (primary N) is 1. The van der Waals surface area contributed by atoms with E-state index in [0.29, 0.717) is 10.6 Å². The maximum absolute atomic E-state index is 11.7. The van der Waals surface area contributed by atoms with Crippen LogP contribution >= 0.6 is 11.6 Å². The molecule has 0 aliphatic carbocycles. The summed E-state index contributed by atoms with van der Waals surface area (Å²) in [5, 5.41) is 8.77. The van der Waals surface area contributed by atoms with E-state index in [1.807, 2.05) is 0 Å². The van der Waals surface area contributed by atoms with Crippen LogP contribution in [0.15, 0.2) is 24.3 Å². The summed E-state index contributed by atoms with van der Waals surface area (Å²) in [5.74, 6) is -0.0421. The second-order valence-corrected chi connectivity index (χ2v) is 6.69. The van der Waals surface area contributed by atoms with Crippen molar-refractivity contribution >= 4 is 21.4 Å². The van der Waals surface area contributed by atoms with Crippen LogP contribution in [0.5, 0.6) is 0 Å². The maximum Gasteiger partial charge on any atom is 0.157 e. The highest BCUT2D eigenvalue weighted by Gasteiger charge is 2.30. The van der Waals surface area contributed by atoms with Gasteiger partial charge in [-0.25, -0.2) is 8.42 Å². The SMILES string of the molecule is CCS(=O)(=O)[C@H](CO)[C@H](N)c1ccc(Cl)cc1. The lowest BCUT2D eigenvalue weighted by molar-refractivity contribution is 0.277. The summed E-state index contributed by atoms with van der Waals surface area (Å²) in [7, 11) is -3.38. The van der Waals surface area contributed by atoms with Crippen molar-refractivity contribution in [2.45, 2.75) is 18.2 Å². The summed E-state index contributed by atoms with van der Waals surface area (Å²) in [4.78, 5) is 0. The lowest BCUT2D eigenvalue weighted by Gasteiger charge is -2.21. The quantitative estimate of drug-likeness (QED) is 0.846. The van der Waals surface area contributed by atoms with Crippen molar-refractivity contribution in [1.82, 2.24) is 0 Å². The number of hydrogen-bond acceptors (Lipinski definition) is 4. The Labute approximate surface area is 106 Å². The fourth-order valence-electron chi connectivity index (χ4n) is 1.56. The molecule has 1 rings (SSSR count). The van der Waals surface area contributed by atoms with E-state index in [0.717, 1.165) is 0 Å². The second kappa shape index (κ2) is 5.82. The van der Waals surface area contributed by atoms with Crippen molar-refractivity contribution in [3.8, 4) is 0 Å². The number of aliphatic hydroxyl groups excluding tert-OH is 1. The fourth-order valence-corrected chi connectivity index (χ4v) is 2.95. The summed E-state index contributed by atoms with van der Waals surface area (Å²) in [6.45, 7) is 1.05. The Morgan fingerprint density at radius 3 is 2.29 bits per heavy atom. The van der Waals surface area contributed by atoms with E-state index < -0.39 is 27.7 Å². The number of rotatable bonds is 5. The topological polar surface area (TPSA) is 80.4 Å². The van der Waals surface area contributed by atoms with Crippen LogP contribution in [0, 0.1) is 0 Å². The Kier molecular flexibility index (Phi) is 4.94. The predicted octanol–water partition coefficient (Wildman–Crippen LogP) is 1.14. The van der Waals surface area contributed by atoms with E-state index in [1.165, 1.54) is 6.92 Å². The summed E-state index contributed by atoms with van der Waals surface area (Å²) in [6, 6.07) is 5.87. The van der Waals surface area contributed by atoms with Crippen molar-refractivity contribution in [3.63, 3.8) is 0 Å². The first-order valence-electron chi connectivity index (χ1n) is 5.25. The standard InChI is InChI=1S/C11H16ClNO3S/c1-2-17(15,16)10(7-14)11(13)8-3-5-9(12)6-4-8/h3-6,10-11,14H,2,7,13H2,1H3/t10-,11-/m1/s1. The molecular weight excluding hydrogens is 262 g/mol. The first-order chi connectivity index (χ1) is 7.92. The molecule has 4 nitrogen and oxygen atoms in total. The van der Waals surface area contributed by atoms with Gasteiger partial charge in [-0.3, -0.25) is 0 Å². The maximum atomic E-state index is 11.7. The molecule has 0 spiro atoms. The minimum atomic E-state index is -3.38. The van der Waals surface area contributed by atoms with Gasteiger partial charge >= 0.3 is 0 Å². The molecule has 0 unspecified atom stereocenters. The number of hydrogen-bond donors (Lipinski definition) is 2. The average Bonchev–Trinajstić information content (AvgIpc) is 2.30. The Balaban J connectivity index is 3.02. The van der Waals surface area contributed by atoms with Gasteiger partial charge in [0, 0.05) is 16.8 Å². The van der Waals surface area contributed by atoms with Crippen LogP contribution in [0.4, 0.5) is 0 Å². The van der Waals surface area contributed by atoms with Gasteiger partial charge in [0.05, 0.1) is 6.61 Å². The van der Waals surface area contributed by atoms with Gasteiger partial charge in [0.15, 0.2) is 9.84 Å². The molecule has 0 aliphatic rings. The zero-order valence-corrected chi connectivity index (χ0v) is 11.1. The van der Waals surface area contributed by atoms with E-state index >= 15 is 0 Å². The Morgan fingerprint density at radius 2 is 1.88 bits per heavy atom. The van der Waals surface area contributed by atoms with Crippen molar-refractivity contribution in [2.24, 2.45) is 5.73 Å². The number of aliphatic hydroxyl groups is 1. The minimum Gasteiger partial charge on any atom is -0.395 e. The minimum absolute atomic E-state index is 0.0421. The van der Waals surface area contributed by atoms with Crippen LogP contribution in [-0.2, 0) is 9.84 Å². The smallest absolute Gasteiger partial charge is 0.157 e. The first-order valence-corrected chi connectivity index (χ1v) is 7.35. The van der Waals surface area contributed by atoms with Crippen LogP contribution in [0.3, 0.4) is 0 Å². The Morgan fingerprint density at radius 1 is 1.35 bits per heavy atom. The molecule has 0 aromatic heterocycles. The molecule has 0 radical (unpaired) electrons.